The molecule has 4 N–H and O–H groups in total. The van der Waals surface area contributed by atoms with Gasteiger partial charge in [0.15, 0.2) is 0 Å². The first-order chi connectivity index (χ1) is 9.05. The molecule has 0 saturated heterocycles. The van der Waals surface area contributed by atoms with Crippen molar-refractivity contribution in [1.29, 1.82) is 0 Å². The van der Waals surface area contributed by atoms with E-state index in [1.54, 1.807) is 11.8 Å². The molecule has 0 radical (unpaired) electrons. The van der Waals surface area contributed by atoms with Crippen molar-refractivity contribution in [2.45, 2.75) is 61.5 Å². The molecule has 19 heavy (non-hydrogen) atoms. The molecule has 110 valence electrons. The van der Waals surface area contributed by atoms with Gasteiger partial charge < -0.3 is 15.3 Å². The molecule has 2 saturated carbocycles. The van der Waals surface area contributed by atoms with Gasteiger partial charge in [0.25, 0.3) is 0 Å². The normalized spacial score (nSPS) is 33.1. The summed E-state index contributed by atoms with van der Waals surface area (Å²) < 4.78 is 0. The van der Waals surface area contributed by atoms with Gasteiger partial charge in [-0.25, -0.2) is 0 Å². The molecule has 5 nitrogen and oxygen atoms in total. The number of aliphatic hydroxyl groups is 2. The number of carboxylic acids is 1. The Morgan fingerprint density at radius 1 is 1.42 bits per heavy atom. The summed E-state index contributed by atoms with van der Waals surface area (Å²) in [6, 6.07) is 0.378. The zero-order valence-electron chi connectivity index (χ0n) is 11.0. The Morgan fingerprint density at radius 3 is 2.74 bits per heavy atom. The summed E-state index contributed by atoms with van der Waals surface area (Å²) >= 11 is 1.58. The van der Waals surface area contributed by atoms with Crippen molar-refractivity contribution >= 4 is 17.7 Å². The Bertz CT molecular complexity index is 324. The van der Waals surface area contributed by atoms with E-state index in [2.05, 4.69) is 5.32 Å². The molecule has 0 aliphatic heterocycles. The van der Waals surface area contributed by atoms with E-state index in [9.17, 15) is 15.0 Å². The average Bonchev–Trinajstić information content (AvgIpc) is 3.20. The van der Waals surface area contributed by atoms with Crippen molar-refractivity contribution in [2.75, 3.05) is 12.4 Å². The molecule has 3 atom stereocenters. The third kappa shape index (κ3) is 4.08. The second kappa shape index (κ2) is 6.43. The molecule has 0 aromatic rings. The summed E-state index contributed by atoms with van der Waals surface area (Å²) in [5.74, 6) is -0.271. The SMILES string of the molecule is O=C(O)C1(NC2CC2)CCCC(SCC(O)CO)C1. The van der Waals surface area contributed by atoms with Crippen LogP contribution in [0.5, 0.6) is 0 Å². The molecule has 0 aromatic heterocycles. The second-order valence-electron chi connectivity index (χ2n) is 5.69. The molecule has 3 unspecified atom stereocenters. The minimum absolute atomic E-state index is 0.232. The first-order valence-corrected chi connectivity index (χ1v) is 8.02. The Morgan fingerprint density at radius 2 is 2.16 bits per heavy atom. The number of rotatable bonds is 7. The molecule has 2 rings (SSSR count). The molecule has 0 aromatic carbocycles. The number of hydrogen-bond donors (Lipinski definition) is 4. The van der Waals surface area contributed by atoms with Gasteiger partial charge in [0.1, 0.15) is 5.54 Å². The predicted molar refractivity (Wildman–Crippen MR) is 74.3 cm³/mol. The van der Waals surface area contributed by atoms with Crippen LogP contribution in [0.4, 0.5) is 0 Å². The monoisotopic (exact) mass is 289 g/mol. The Balaban J connectivity index is 1.90. The number of thioether (sulfide) groups is 1. The smallest absolute Gasteiger partial charge is 0.323 e. The van der Waals surface area contributed by atoms with Gasteiger partial charge in [-0.1, -0.05) is 0 Å². The Hall–Kier alpha value is -0.300. The van der Waals surface area contributed by atoms with Crippen LogP contribution in [0.2, 0.25) is 0 Å². The van der Waals surface area contributed by atoms with Gasteiger partial charge in [0, 0.05) is 17.0 Å². The third-order valence-corrected chi connectivity index (χ3v) is 5.36. The highest BCUT2D eigenvalue weighted by molar-refractivity contribution is 7.99. The summed E-state index contributed by atoms with van der Waals surface area (Å²) in [6.07, 6.45) is 4.65. The fraction of sp³-hybridized carbons (Fsp3) is 0.923. The number of hydrogen-bond acceptors (Lipinski definition) is 5. The molecule has 0 amide bonds. The fourth-order valence-electron chi connectivity index (χ4n) is 2.67. The van der Waals surface area contributed by atoms with Gasteiger partial charge >= 0.3 is 5.97 Å². The molecule has 6 heteroatoms. The first-order valence-electron chi connectivity index (χ1n) is 6.97. The molecule has 2 aliphatic rings. The minimum atomic E-state index is -0.777. The lowest BCUT2D eigenvalue weighted by Crippen LogP contribution is -2.56. The Kier molecular flexibility index (Phi) is 5.11. The molecule has 2 fully saturated rings. The second-order valence-corrected chi connectivity index (χ2v) is 7.03. The summed E-state index contributed by atoms with van der Waals surface area (Å²) in [7, 11) is 0. The zero-order valence-corrected chi connectivity index (χ0v) is 11.9. The van der Waals surface area contributed by atoms with Crippen molar-refractivity contribution in [3.8, 4) is 0 Å². The third-order valence-electron chi connectivity index (χ3n) is 3.91. The number of nitrogens with one attached hydrogen (secondary N) is 1. The van der Waals surface area contributed by atoms with Gasteiger partial charge in [0.05, 0.1) is 12.7 Å². The number of carboxylic acid groups (broad SMARTS) is 1. The van der Waals surface area contributed by atoms with Gasteiger partial charge in [-0.15, -0.1) is 0 Å². The van der Waals surface area contributed by atoms with Crippen LogP contribution in [0, 0.1) is 0 Å². The van der Waals surface area contributed by atoms with E-state index >= 15 is 0 Å². The standard InChI is InChI=1S/C13H23NO4S/c15-7-10(16)8-19-11-2-1-5-13(6-11,12(17)18)14-9-3-4-9/h9-11,14-16H,1-8H2,(H,17,18). The number of carbonyl (C=O) groups is 1. The zero-order chi connectivity index (χ0) is 13.9. The molecule has 0 spiro atoms. The van der Waals surface area contributed by atoms with E-state index in [4.69, 9.17) is 5.11 Å². The maximum atomic E-state index is 11.6. The minimum Gasteiger partial charge on any atom is -0.480 e. The predicted octanol–water partition coefficient (Wildman–Crippen LogP) is 0.591. The lowest BCUT2D eigenvalue weighted by atomic mass is 9.81. The molecular weight excluding hydrogens is 266 g/mol. The maximum absolute atomic E-state index is 11.6. The molecular formula is C13H23NO4S. The van der Waals surface area contributed by atoms with Crippen LogP contribution in [0.25, 0.3) is 0 Å². The Labute approximate surface area is 117 Å². The highest BCUT2D eigenvalue weighted by Gasteiger charge is 2.45. The van der Waals surface area contributed by atoms with E-state index in [1.807, 2.05) is 0 Å². The van der Waals surface area contributed by atoms with E-state index in [-0.39, 0.29) is 11.9 Å². The van der Waals surface area contributed by atoms with Crippen LogP contribution in [0.3, 0.4) is 0 Å². The van der Waals surface area contributed by atoms with Crippen molar-refractivity contribution in [1.82, 2.24) is 5.32 Å². The van der Waals surface area contributed by atoms with E-state index in [0.717, 1.165) is 25.7 Å². The summed E-state index contributed by atoms with van der Waals surface area (Å²) in [5, 5.41) is 31.3. The largest absolute Gasteiger partial charge is 0.480 e. The first kappa shape index (κ1) is 15.1. The number of aliphatic hydroxyl groups excluding tert-OH is 2. The lowest BCUT2D eigenvalue weighted by Gasteiger charge is -2.38. The lowest BCUT2D eigenvalue weighted by molar-refractivity contribution is -0.146. The van der Waals surface area contributed by atoms with Crippen molar-refractivity contribution in [2.24, 2.45) is 0 Å². The summed E-state index contributed by atoms with van der Waals surface area (Å²) in [5.41, 5.74) is -0.777. The molecule has 0 bridgehead atoms. The topological polar surface area (TPSA) is 89.8 Å². The van der Waals surface area contributed by atoms with E-state index < -0.39 is 17.6 Å². The van der Waals surface area contributed by atoms with E-state index in [0.29, 0.717) is 24.6 Å². The summed E-state index contributed by atoms with van der Waals surface area (Å²) in [6.45, 7) is -0.232. The van der Waals surface area contributed by atoms with Gasteiger partial charge in [-0.3, -0.25) is 10.1 Å². The fourth-order valence-corrected chi connectivity index (χ4v) is 4.01. The molecule has 2 aliphatic carbocycles. The van der Waals surface area contributed by atoms with E-state index in [1.165, 1.54) is 0 Å². The van der Waals surface area contributed by atoms with Crippen molar-refractivity contribution in [3.63, 3.8) is 0 Å². The molecule has 0 heterocycles. The van der Waals surface area contributed by atoms with Crippen molar-refractivity contribution in [3.05, 3.63) is 0 Å². The quantitative estimate of drug-likeness (QED) is 0.548. The van der Waals surface area contributed by atoms with Crippen LogP contribution in [0.15, 0.2) is 0 Å². The summed E-state index contributed by atoms with van der Waals surface area (Å²) in [4.78, 5) is 11.6. The van der Waals surface area contributed by atoms with Crippen LogP contribution in [-0.2, 0) is 4.79 Å². The van der Waals surface area contributed by atoms with Gasteiger partial charge in [-0.05, 0) is 38.5 Å². The highest BCUT2D eigenvalue weighted by atomic mass is 32.2. The van der Waals surface area contributed by atoms with Crippen molar-refractivity contribution < 1.29 is 20.1 Å². The van der Waals surface area contributed by atoms with Gasteiger partial charge in [-0.2, -0.15) is 11.8 Å². The average molecular weight is 289 g/mol. The maximum Gasteiger partial charge on any atom is 0.323 e. The van der Waals surface area contributed by atoms with Crippen LogP contribution in [-0.4, -0.2) is 56.6 Å². The van der Waals surface area contributed by atoms with Gasteiger partial charge in [0.2, 0.25) is 0 Å². The van der Waals surface area contributed by atoms with Crippen LogP contribution in [0.1, 0.15) is 38.5 Å². The van der Waals surface area contributed by atoms with Crippen LogP contribution >= 0.6 is 11.8 Å². The van der Waals surface area contributed by atoms with Crippen LogP contribution < -0.4 is 5.32 Å². The number of aliphatic carboxylic acids is 1. The highest BCUT2D eigenvalue weighted by Crippen LogP contribution is 2.37.